The van der Waals surface area contributed by atoms with E-state index in [2.05, 4.69) is 4.90 Å². The molecule has 0 unspecified atom stereocenters. The third-order valence-electron chi connectivity index (χ3n) is 3.00. The molecule has 6 nitrogen and oxygen atoms in total. The third kappa shape index (κ3) is 3.69. The van der Waals surface area contributed by atoms with Crippen molar-refractivity contribution in [1.82, 2.24) is 0 Å². The molecule has 0 spiro atoms. The van der Waals surface area contributed by atoms with Gasteiger partial charge in [-0.3, -0.25) is 4.57 Å². The molecule has 1 heterocycles. The van der Waals surface area contributed by atoms with Crippen molar-refractivity contribution in [2.75, 3.05) is 31.2 Å². The van der Waals surface area contributed by atoms with Gasteiger partial charge >= 0.3 is 7.60 Å². The molecule has 1 aliphatic rings. The number of hydrogen-bond acceptors (Lipinski definition) is 4. The summed E-state index contributed by atoms with van der Waals surface area (Å²) in [6, 6.07) is 8.74. The van der Waals surface area contributed by atoms with Gasteiger partial charge in [-0.15, -0.1) is 0 Å². The molecule has 1 saturated heterocycles. The maximum atomic E-state index is 11.1. The highest BCUT2D eigenvalue weighted by atomic mass is 31.2. The molecule has 2 N–H and O–H groups in total. The number of hydrogen-bond donors (Lipinski definition) is 2. The van der Waals surface area contributed by atoms with Crippen LogP contribution < -0.4 is 4.90 Å². The first-order valence-electron chi connectivity index (χ1n) is 6.11. The molecule has 20 heavy (non-hydrogen) atoms. The third-order valence-corrected chi connectivity index (χ3v) is 3.86. The predicted octanol–water partition coefficient (Wildman–Crippen LogP) is 1.57. The van der Waals surface area contributed by atoms with E-state index in [1.165, 1.54) is 12.1 Å². The van der Waals surface area contributed by atoms with E-state index in [1.54, 1.807) is 12.1 Å². The Balaban J connectivity index is 2.18. The maximum Gasteiger partial charge on any atom is 0.366 e. The van der Waals surface area contributed by atoms with Crippen LogP contribution in [0.1, 0.15) is 5.56 Å². The molecule has 1 fully saturated rings. The fourth-order valence-electron chi connectivity index (χ4n) is 1.94. The summed E-state index contributed by atoms with van der Waals surface area (Å²) < 4.78 is 16.3. The summed E-state index contributed by atoms with van der Waals surface area (Å²) >= 11 is 0. The van der Waals surface area contributed by atoms with E-state index >= 15 is 0 Å². The number of ether oxygens (including phenoxy) is 1. The van der Waals surface area contributed by atoms with Crippen molar-refractivity contribution >= 4 is 19.4 Å². The fraction of sp³-hybridized carbons (Fsp3) is 0.308. The highest BCUT2D eigenvalue weighted by Gasteiger charge is 2.20. The van der Waals surface area contributed by atoms with Crippen molar-refractivity contribution in [2.24, 2.45) is 0 Å². The Morgan fingerprint density at radius 1 is 1.30 bits per heavy atom. The van der Waals surface area contributed by atoms with Crippen molar-refractivity contribution in [3.63, 3.8) is 0 Å². The maximum absolute atomic E-state index is 11.1. The standard InChI is InChI=1S/C13H15N2O4P/c14-10-13(20(16,17)18)9-11-1-3-12(4-2-11)15-5-7-19-8-6-15/h1-4,9H,5-8H2,(H2,16,17,18)/b13-9-. The molecule has 1 aliphatic heterocycles. The molecular formula is C13H15N2O4P. The van der Waals surface area contributed by atoms with Crippen LogP contribution in [-0.2, 0) is 9.30 Å². The van der Waals surface area contributed by atoms with E-state index in [1.807, 2.05) is 12.1 Å². The highest BCUT2D eigenvalue weighted by Crippen LogP contribution is 2.45. The van der Waals surface area contributed by atoms with Gasteiger partial charge in [0.15, 0.2) is 0 Å². The van der Waals surface area contributed by atoms with Gasteiger partial charge in [0.1, 0.15) is 11.4 Å². The minimum atomic E-state index is -4.51. The van der Waals surface area contributed by atoms with Crippen LogP contribution in [-0.4, -0.2) is 36.1 Å². The Kier molecular flexibility index (Phi) is 4.58. The first-order valence-corrected chi connectivity index (χ1v) is 7.72. The lowest BCUT2D eigenvalue weighted by Gasteiger charge is -2.28. The van der Waals surface area contributed by atoms with Crippen LogP contribution in [0.2, 0.25) is 0 Å². The molecule has 0 bridgehead atoms. The van der Waals surface area contributed by atoms with E-state index in [-0.39, 0.29) is 0 Å². The molecule has 0 aromatic heterocycles. The minimum Gasteiger partial charge on any atom is -0.378 e. The summed E-state index contributed by atoms with van der Waals surface area (Å²) in [7, 11) is -4.51. The number of morpholine rings is 1. The lowest BCUT2D eigenvalue weighted by molar-refractivity contribution is 0.122. The molecule has 7 heteroatoms. The Bertz CT molecular complexity index is 579. The Hall–Kier alpha value is -1.64. The molecule has 106 valence electrons. The monoisotopic (exact) mass is 294 g/mol. The number of nitriles is 1. The van der Waals surface area contributed by atoms with Crippen LogP contribution >= 0.6 is 7.60 Å². The minimum absolute atomic E-state index is 0.531. The largest absolute Gasteiger partial charge is 0.378 e. The summed E-state index contributed by atoms with van der Waals surface area (Å²) in [6.45, 7) is 3.03. The van der Waals surface area contributed by atoms with Gasteiger partial charge in [0, 0.05) is 18.8 Å². The van der Waals surface area contributed by atoms with Crippen molar-refractivity contribution in [3.8, 4) is 6.07 Å². The van der Waals surface area contributed by atoms with E-state index in [9.17, 15) is 4.57 Å². The molecular weight excluding hydrogens is 279 g/mol. The second kappa shape index (κ2) is 6.21. The van der Waals surface area contributed by atoms with E-state index < -0.39 is 12.9 Å². The molecule has 1 aromatic rings. The average Bonchev–Trinajstić information content (AvgIpc) is 2.45. The fourth-order valence-corrected chi connectivity index (χ4v) is 2.39. The Morgan fingerprint density at radius 3 is 2.40 bits per heavy atom. The van der Waals surface area contributed by atoms with Crippen LogP contribution in [0.25, 0.3) is 6.08 Å². The van der Waals surface area contributed by atoms with Crippen LogP contribution in [0.5, 0.6) is 0 Å². The molecule has 0 saturated carbocycles. The van der Waals surface area contributed by atoms with Gasteiger partial charge in [0.05, 0.1) is 13.2 Å². The zero-order valence-corrected chi connectivity index (χ0v) is 11.7. The topological polar surface area (TPSA) is 93.8 Å². The van der Waals surface area contributed by atoms with Crippen LogP contribution in [0.3, 0.4) is 0 Å². The first kappa shape index (κ1) is 14.8. The number of allylic oxidation sites excluding steroid dienone is 1. The second-order valence-electron chi connectivity index (χ2n) is 4.38. The summed E-state index contributed by atoms with van der Waals surface area (Å²) in [5.74, 6) is 0. The Labute approximate surface area is 117 Å². The van der Waals surface area contributed by atoms with E-state index in [4.69, 9.17) is 19.8 Å². The molecule has 0 amide bonds. The zero-order chi connectivity index (χ0) is 14.6. The molecule has 0 atom stereocenters. The van der Waals surface area contributed by atoms with E-state index in [0.717, 1.165) is 18.8 Å². The van der Waals surface area contributed by atoms with Gasteiger partial charge < -0.3 is 19.4 Å². The lowest BCUT2D eigenvalue weighted by Crippen LogP contribution is -2.36. The summed E-state index contributed by atoms with van der Waals surface area (Å²) in [5, 5.41) is 8.22. The first-order chi connectivity index (χ1) is 9.50. The lowest BCUT2D eigenvalue weighted by atomic mass is 10.2. The normalized spacial score (nSPS) is 16.9. The number of anilines is 1. The number of rotatable bonds is 3. The van der Waals surface area contributed by atoms with Gasteiger partial charge in [-0.2, -0.15) is 5.26 Å². The Morgan fingerprint density at radius 2 is 1.90 bits per heavy atom. The van der Waals surface area contributed by atoms with Gasteiger partial charge in [0.2, 0.25) is 0 Å². The SMILES string of the molecule is N#C/C(=C/c1ccc(N2CCOCC2)cc1)P(=O)(O)O. The number of nitrogens with zero attached hydrogens (tertiary/aromatic N) is 2. The summed E-state index contributed by atoms with van der Waals surface area (Å²) in [6.07, 6.45) is 1.21. The van der Waals surface area contributed by atoms with Crippen LogP contribution in [0.4, 0.5) is 5.69 Å². The van der Waals surface area contributed by atoms with Gasteiger partial charge in [-0.05, 0) is 23.8 Å². The smallest absolute Gasteiger partial charge is 0.366 e. The highest BCUT2D eigenvalue weighted by molar-refractivity contribution is 7.57. The summed E-state index contributed by atoms with van der Waals surface area (Å²) in [4.78, 5) is 20.2. The zero-order valence-electron chi connectivity index (χ0n) is 10.8. The van der Waals surface area contributed by atoms with Gasteiger partial charge in [-0.1, -0.05) is 12.1 Å². The van der Waals surface area contributed by atoms with Crippen molar-refractivity contribution in [1.29, 1.82) is 5.26 Å². The quantitative estimate of drug-likeness (QED) is 0.649. The molecule has 0 aliphatic carbocycles. The van der Waals surface area contributed by atoms with Crippen molar-refractivity contribution < 1.29 is 19.1 Å². The van der Waals surface area contributed by atoms with Gasteiger partial charge in [-0.25, -0.2) is 0 Å². The van der Waals surface area contributed by atoms with Gasteiger partial charge in [0.25, 0.3) is 0 Å². The van der Waals surface area contributed by atoms with E-state index in [0.29, 0.717) is 18.8 Å². The molecule has 2 rings (SSSR count). The second-order valence-corrected chi connectivity index (χ2v) is 5.95. The molecule has 1 aromatic carbocycles. The predicted molar refractivity (Wildman–Crippen MR) is 75.1 cm³/mol. The number of benzene rings is 1. The average molecular weight is 294 g/mol. The van der Waals surface area contributed by atoms with Crippen molar-refractivity contribution in [2.45, 2.75) is 0 Å². The van der Waals surface area contributed by atoms with Crippen LogP contribution in [0, 0.1) is 11.3 Å². The van der Waals surface area contributed by atoms with Crippen LogP contribution in [0.15, 0.2) is 29.6 Å². The summed E-state index contributed by atoms with van der Waals surface area (Å²) in [5.41, 5.74) is 1.61. The van der Waals surface area contributed by atoms with Crippen molar-refractivity contribution in [3.05, 3.63) is 35.1 Å². The molecule has 0 radical (unpaired) electrons.